The number of oxazole rings is 1. The van der Waals surface area contributed by atoms with Crippen LogP contribution in [0.1, 0.15) is 20.7 Å². The Bertz CT molecular complexity index is 1420. The molecule has 2 amide bonds. The van der Waals surface area contributed by atoms with Gasteiger partial charge in [0.05, 0.1) is 7.11 Å². The lowest BCUT2D eigenvalue weighted by Gasteiger charge is -2.48. The second-order valence-corrected chi connectivity index (χ2v) is 9.49. The Kier molecular flexibility index (Phi) is 6.10. The zero-order valence-corrected chi connectivity index (χ0v) is 20.7. The molecule has 188 valence electrons. The van der Waals surface area contributed by atoms with Gasteiger partial charge in [0, 0.05) is 62.0 Å². The molecule has 8 nitrogen and oxygen atoms in total. The van der Waals surface area contributed by atoms with E-state index in [4.69, 9.17) is 9.15 Å². The summed E-state index contributed by atoms with van der Waals surface area (Å²) in [4.78, 5) is 36.6. The molecule has 2 aliphatic heterocycles. The molecule has 0 saturated carbocycles. The van der Waals surface area contributed by atoms with Crippen molar-refractivity contribution >= 4 is 22.9 Å². The molecule has 3 heterocycles. The molecule has 0 unspecified atom stereocenters. The van der Waals surface area contributed by atoms with Crippen LogP contribution < -0.4 is 4.74 Å². The Hall–Kier alpha value is -4.17. The molecule has 37 heavy (non-hydrogen) atoms. The van der Waals surface area contributed by atoms with Gasteiger partial charge in [-0.15, -0.1) is 0 Å². The van der Waals surface area contributed by atoms with Crippen molar-refractivity contribution in [3.05, 3.63) is 83.9 Å². The van der Waals surface area contributed by atoms with E-state index in [9.17, 15) is 9.59 Å². The van der Waals surface area contributed by atoms with Crippen LogP contribution in [0.15, 0.2) is 77.2 Å². The van der Waals surface area contributed by atoms with Crippen LogP contribution in [-0.4, -0.2) is 83.9 Å². The van der Waals surface area contributed by atoms with Gasteiger partial charge in [0.2, 0.25) is 5.89 Å². The summed E-state index contributed by atoms with van der Waals surface area (Å²) in [6.45, 7) is 4.44. The first kappa shape index (κ1) is 23.2. The summed E-state index contributed by atoms with van der Waals surface area (Å²) in [7, 11) is 1.63. The third-order valence-corrected chi connectivity index (χ3v) is 7.26. The van der Waals surface area contributed by atoms with Gasteiger partial charge in [-0.1, -0.05) is 18.2 Å². The number of aromatic nitrogens is 1. The first-order valence-electron chi connectivity index (χ1n) is 12.5. The zero-order chi connectivity index (χ0) is 25.4. The maximum Gasteiger partial charge on any atom is 0.254 e. The molecule has 0 spiro atoms. The molecule has 8 heteroatoms. The maximum atomic E-state index is 13.1. The standard InChI is InChI=1S/C29H28N4O4/c1-36-24-10-7-20(8-11-24)27-30-25-12-9-22(17-26(25)37-27)29(35)33-18-23(19-33)31-13-15-32(16-14-31)28(34)21-5-3-2-4-6-21/h2-12,17,23H,13-16,18-19H2,1H3. The minimum atomic E-state index is -0.00145. The summed E-state index contributed by atoms with van der Waals surface area (Å²) >= 11 is 0. The topological polar surface area (TPSA) is 79.1 Å². The SMILES string of the molecule is COc1ccc(-c2nc3ccc(C(=O)N4CC(N5CCN(C(=O)c6ccccc6)CC5)C4)cc3o2)cc1. The molecule has 0 aliphatic carbocycles. The number of methoxy groups -OCH3 is 1. The van der Waals surface area contributed by atoms with Gasteiger partial charge in [-0.2, -0.15) is 0 Å². The summed E-state index contributed by atoms with van der Waals surface area (Å²) in [6.07, 6.45) is 0. The monoisotopic (exact) mass is 496 g/mol. The minimum absolute atomic E-state index is 0.00145. The van der Waals surface area contributed by atoms with Crippen molar-refractivity contribution in [3.8, 4) is 17.2 Å². The highest BCUT2D eigenvalue weighted by Crippen LogP contribution is 2.28. The first-order chi connectivity index (χ1) is 18.1. The fourth-order valence-corrected chi connectivity index (χ4v) is 5.00. The van der Waals surface area contributed by atoms with Crippen LogP contribution in [0.5, 0.6) is 5.75 Å². The normalized spacial score (nSPS) is 16.6. The van der Waals surface area contributed by atoms with E-state index in [1.165, 1.54) is 0 Å². The fourth-order valence-electron chi connectivity index (χ4n) is 5.00. The first-order valence-corrected chi connectivity index (χ1v) is 12.5. The number of amides is 2. The number of rotatable bonds is 5. The van der Waals surface area contributed by atoms with Gasteiger partial charge in [0.25, 0.3) is 11.8 Å². The van der Waals surface area contributed by atoms with Crippen LogP contribution in [0.25, 0.3) is 22.6 Å². The lowest BCUT2D eigenvalue weighted by atomic mass is 10.0. The molecular weight excluding hydrogens is 468 g/mol. The van der Waals surface area contributed by atoms with Crippen molar-refractivity contribution in [2.45, 2.75) is 6.04 Å². The van der Waals surface area contributed by atoms with Gasteiger partial charge in [-0.05, 0) is 54.6 Å². The van der Waals surface area contributed by atoms with Crippen LogP contribution in [0.3, 0.4) is 0 Å². The fraction of sp³-hybridized carbons (Fsp3) is 0.276. The van der Waals surface area contributed by atoms with Crippen molar-refractivity contribution in [2.24, 2.45) is 0 Å². The summed E-state index contributed by atoms with van der Waals surface area (Å²) in [5.41, 5.74) is 3.48. The van der Waals surface area contributed by atoms with Crippen LogP contribution in [0, 0.1) is 0 Å². The summed E-state index contributed by atoms with van der Waals surface area (Å²) in [5.74, 6) is 1.36. The molecule has 0 N–H and O–H groups in total. The molecule has 6 rings (SSSR count). The van der Waals surface area contributed by atoms with Gasteiger partial charge < -0.3 is 19.0 Å². The van der Waals surface area contributed by atoms with E-state index in [2.05, 4.69) is 9.88 Å². The highest BCUT2D eigenvalue weighted by molar-refractivity contribution is 5.98. The van der Waals surface area contributed by atoms with Gasteiger partial charge in [-0.25, -0.2) is 4.98 Å². The van der Waals surface area contributed by atoms with Crippen molar-refractivity contribution in [3.63, 3.8) is 0 Å². The average molecular weight is 497 g/mol. The Morgan fingerprint density at radius 3 is 2.24 bits per heavy atom. The quantitative estimate of drug-likeness (QED) is 0.418. The number of ether oxygens (including phenoxy) is 1. The largest absolute Gasteiger partial charge is 0.497 e. The summed E-state index contributed by atoms with van der Waals surface area (Å²) < 4.78 is 11.2. The highest BCUT2D eigenvalue weighted by atomic mass is 16.5. The number of nitrogens with zero attached hydrogens (tertiary/aromatic N) is 4. The van der Waals surface area contributed by atoms with E-state index in [0.29, 0.717) is 54.8 Å². The summed E-state index contributed by atoms with van der Waals surface area (Å²) in [5, 5.41) is 0. The maximum absolute atomic E-state index is 13.1. The zero-order valence-electron chi connectivity index (χ0n) is 20.7. The smallest absolute Gasteiger partial charge is 0.254 e. The highest BCUT2D eigenvalue weighted by Gasteiger charge is 2.37. The number of hydrogen-bond donors (Lipinski definition) is 0. The minimum Gasteiger partial charge on any atom is -0.497 e. The van der Waals surface area contributed by atoms with E-state index >= 15 is 0 Å². The second-order valence-electron chi connectivity index (χ2n) is 9.49. The Morgan fingerprint density at radius 1 is 0.838 bits per heavy atom. The molecule has 2 aliphatic rings. The molecule has 0 atom stereocenters. The number of hydrogen-bond acceptors (Lipinski definition) is 6. The van der Waals surface area contributed by atoms with E-state index in [1.54, 1.807) is 13.2 Å². The van der Waals surface area contributed by atoms with Gasteiger partial charge in [0.1, 0.15) is 11.3 Å². The molecule has 0 bridgehead atoms. The number of likely N-dealkylation sites (tertiary alicyclic amines) is 1. The lowest BCUT2D eigenvalue weighted by molar-refractivity contribution is 0.00854. The number of carbonyl (C=O) groups excluding carboxylic acids is 2. The molecule has 4 aromatic rings. The van der Waals surface area contributed by atoms with Gasteiger partial charge in [0.15, 0.2) is 5.58 Å². The average Bonchev–Trinajstić information content (AvgIpc) is 3.36. The van der Waals surface area contributed by atoms with Crippen LogP contribution in [-0.2, 0) is 0 Å². The number of fused-ring (bicyclic) bond motifs is 1. The Morgan fingerprint density at radius 2 is 1.54 bits per heavy atom. The Labute approximate surface area is 215 Å². The predicted molar refractivity (Wildman–Crippen MR) is 140 cm³/mol. The molecule has 0 radical (unpaired) electrons. The lowest BCUT2D eigenvalue weighted by Crippen LogP contribution is -2.64. The van der Waals surface area contributed by atoms with E-state index in [1.807, 2.05) is 76.5 Å². The number of benzene rings is 3. The molecule has 2 fully saturated rings. The molecule has 1 aromatic heterocycles. The van der Waals surface area contributed by atoms with E-state index in [-0.39, 0.29) is 11.8 Å². The van der Waals surface area contributed by atoms with Crippen molar-refractivity contribution in [2.75, 3.05) is 46.4 Å². The Balaban J connectivity index is 1.05. The predicted octanol–water partition coefficient (Wildman–Crippen LogP) is 3.79. The van der Waals surface area contributed by atoms with Crippen molar-refractivity contribution in [1.82, 2.24) is 19.7 Å². The van der Waals surface area contributed by atoms with Crippen LogP contribution in [0.4, 0.5) is 0 Å². The molecular formula is C29H28N4O4. The van der Waals surface area contributed by atoms with Crippen LogP contribution >= 0.6 is 0 Å². The number of piperazine rings is 1. The molecule has 3 aromatic carbocycles. The van der Waals surface area contributed by atoms with E-state index in [0.717, 1.165) is 30.0 Å². The van der Waals surface area contributed by atoms with Gasteiger partial charge >= 0.3 is 0 Å². The van der Waals surface area contributed by atoms with Gasteiger partial charge in [-0.3, -0.25) is 14.5 Å². The van der Waals surface area contributed by atoms with Crippen LogP contribution in [0.2, 0.25) is 0 Å². The number of carbonyl (C=O) groups is 2. The third-order valence-electron chi connectivity index (χ3n) is 7.26. The van der Waals surface area contributed by atoms with Crippen molar-refractivity contribution in [1.29, 1.82) is 0 Å². The summed E-state index contributed by atoms with van der Waals surface area (Å²) in [6, 6.07) is 22.7. The van der Waals surface area contributed by atoms with Crippen molar-refractivity contribution < 1.29 is 18.7 Å². The third kappa shape index (κ3) is 4.56. The van der Waals surface area contributed by atoms with E-state index < -0.39 is 0 Å². The second kappa shape index (κ2) is 9.71. The molecule has 2 saturated heterocycles.